The first-order chi connectivity index (χ1) is 9.38. The van der Waals surface area contributed by atoms with Gasteiger partial charge in [-0.1, -0.05) is 48.2 Å². The molecule has 0 aliphatic rings. The Kier molecular flexibility index (Phi) is 3.58. The quantitative estimate of drug-likeness (QED) is 0.755. The van der Waals surface area contributed by atoms with Crippen molar-refractivity contribution in [3.63, 3.8) is 0 Å². The molecule has 2 nitrogen and oxygen atoms in total. The van der Waals surface area contributed by atoms with Crippen molar-refractivity contribution in [1.82, 2.24) is 4.98 Å². The van der Waals surface area contributed by atoms with E-state index in [9.17, 15) is 0 Å². The van der Waals surface area contributed by atoms with Crippen LogP contribution < -0.4 is 5.73 Å². The first kappa shape index (κ1) is 12.3. The molecule has 0 amide bonds. The summed E-state index contributed by atoms with van der Waals surface area (Å²) in [5.41, 5.74) is 8.18. The van der Waals surface area contributed by atoms with Crippen LogP contribution in [0.25, 0.3) is 10.9 Å². The Morgan fingerprint density at radius 2 is 1.74 bits per heavy atom. The minimum Gasteiger partial charge on any atom is -0.360 e. The third-order valence-electron chi connectivity index (χ3n) is 3.16. The summed E-state index contributed by atoms with van der Waals surface area (Å²) in [6.07, 6.45) is 3.00. The molecule has 0 unspecified atom stereocenters. The van der Waals surface area contributed by atoms with Crippen molar-refractivity contribution in [2.45, 2.75) is 16.2 Å². The Balaban J connectivity index is 1.97. The molecule has 1 heterocycles. The van der Waals surface area contributed by atoms with Crippen LogP contribution in [0.15, 0.2) is 64.5 Å². The summed E-state index contributed by atoms with van der Waals surface area (Å²) in [6.45, 7) is 0.686. The van der Waals surface area contributed by atoms with Crippen molar-refractivity contribution < 1.29 is 0 Å². The number of nitrogens with one attached hydrogen (secondary N) is 1. The molecule has 0 atom stereocenters. The minimum atomic E-state index is 0.686. The van der Waals surface area contributed by atoms with E-state index >= 15 is 0 Å². The summed E-state index contributed by atoms with van der Waals surface area (Å²) in [5, 5.41) is 1.27. The van der Waals surface area contributed by atoms with Crippen LogP contribution in [-0.4, -0.2) is 11.5 Å². The fourth-order valence-corrected chi connectivity index (χ4v) is 3.30. The van der Waals surface area contributed by atoms with Gasteiger partial charge in [0.2, 0.25) is 0 Å². The van der Waals surface area contributed by atoms with E-state index in [4.69, 9.17) is 5.73 Å². The molecule has 2 aromatic carbocycles. The topological polar surface area (TPSA) is 41.8 Å². The molecule has 0 saturated carbocycles. The lowest BCUT2D eigenvalue weighted by Gasteiger charge is -2.07. The van der Waals surface area contributed by atoms with Crippen LogP contribution in [0.3, 0.4) is 0 Å². The van der Waals surface area contributed by atoms with Gasteiger partial charge in [0.25, 0.3) is 0 Å². The normalized spacial score (nSPS) is 11.0. The molecule has 19 heavy (non-hydrogen) atoms. The van der Waals surface area contributed by atoms with Gasteiger partial charge in [-0.25, -0.2) is 0 Å². The first-order valence-corrected chi connectivity index (χ1v) is 7.22. The summed E-state index contributed by atoms with van der Waals surface area (Å²) < 4.78 is 0. The van der Waals surface area contributed by atoms with Crippen molar-refractivity contribution in [1.29, 1.82) is 0 Å². The Hall–Kier alpha value is -1.71. The molecule has 0 spiro atoms. The van der Waals surface area contributed by atoms with Gasteiger partial charge in [0.05, 0.1) is 0 Å². The fourth-order valence-electron chi connectivity index (χ4n) is 2.21. The Labute approximate surface area is 117 Å². The van der Waals surface area contributed by atoms with Crippen LogP contribution in [-0.2, 0) is 6.42 Å². The van der Waals surface area contributed by atoms with Gasteiger partial charge < -0.3 is 10.7 Å². The van der Waals surface area contributed by atoms with E-state index in [1.165, 1.54) is 26.3 Å². The zero-order valence-corrected chi connectivity index (χ0v) is 11.4. The van der Waals surface area contributed by atoms with E-state index in [0.29, 0.717) is 6.54 Å². The van der Waals surface area contributed by atoms with Crippen LogP contribution in [0.4, 0.5) is 0 Å². The smallest absolute Gasteiger partial charge is 0.0465 e. The van der Waals surface area contributed by atoms with Crippen LogP contribution in [0.5, 0.6) is 0 Å². The van der Waals surface area contributed by atoms with Gasteiger partial charge in [-0.2, -0.15) is 0 Å². The molecule has 3 N–H and O–H groups in total. The molecule has 0 aliphatic heterocycles. The van der Waals surface area contributed by atoms with Crippen molar-refractivity contribution in [3.8, 4) is 0 Å². The predicted octanol–water partition coefficient (Wildman–Crippen LogP) is 3.82. The highest BCUT2D eigenvalue weighted by molar-refractivity contribution is 7.99. The maximum absolute atomic E-state index is 5.68. The molecular formula is C16H16N2S. The average Bonchev–Trinajstić information content (AvgIpc) is 2.85. The molecule has 3 aromatic rings. The molecule has 1 aromatic heterocycles. The monoisotopic (exact) mass is 268 g/mol. The molecule has 0 radical (unpaired) electrons. The lowest BCUT2D eigenvalue weighted by molar-refractivity contribution is 0.944. The van der Waals surface area contributed by atoms with Gasteiger partial charge >= 0.3 is 0 Å². The number of rotatable bonds is 4. The second-order valence-corrected chi connectivity index (χ2v) is 5.53. The van der Waals surface area contributed by atoms with Gasteiger partial charge in [-0.05, 0) is 30.7 Å². The van der Waals surface area contributed by atoms with Crippen LogP contribution in [0.2, 0.25) is 0 Å². The summed E-state index contributed by atoms with van der Waals surface area (Å²) in [6, 6.07) is 16.9. The van der Waals surface area contributed by atoms with Gasteiger partial charge in [-0.15, -0.1) is 0 Å². The number of aromatic nitrogens is 1. The summed E-state index contributed by atoms with van der Waals surface area (Å²) in [5.74, 6) is 0. The zero-order valence-electron chi connectivity index (χ0n) is 10.6. The van der Waals surface area contributed by atoms with Crippen molar-refractivity contribution in [3.05, 3.63) is 60.3 Å². The molecule has 96 valence electrons. The first-order valence-electron chi connectivity index (χ1n) is 6.40. The summed E-state index contributed by atoms with van der Waals surface area (Å²) in [7, 11) is 0. The van der Waals surface area contributed by atoms with Crippen LogP contribution in [0.1, 0.15) is 5.56 Å². The number of nitrogens with two attached hydrogens (primary N) is 1. The number of fused-ring (bicyclic) bond motifs is 1. The number of hydrogen-bond donors (Lipinski definition) is 2. The number of benzene rings is 2. The van der Waals surface area contributed by atoms with Gasteiger partial charge in [0, 0.05) is 26.9 Å². The second-order valence-electron chi connectivity index (χ2n) is 4.45. The minimum absolute atomic E-state index is 0.686. The third kappa shape index (κ3) is 2.53. The SMILES string of the molecule is NCCc1ccccc1Sc1c[nH]c2ccccc12. The molecule has 0 saturated heterocycles. The maximum atomic E-state index is 5.68. The molecule has 0 fully saturated rings. The third-order valence-corrected chi connectivity index (χ3v) is 4.33. The van der Waals surface area contributed by atoms with Gasteiger partial charge in [0.1, 0.15) is 0 Å². The highest BCUT2D eigenvalue weighted by atomic mass is 32.2. The lowest BCUT2D eigenvalue weighted by atomic mass is 10.1. The maximum Gasteiger partial charge on any atom is 0.0465 e. The Bertz CT molecular complexity index is 688. The van der Waals surface area contributed by atoms with Crippen molar-refractivity contribution >= 4 is 22.7 Å². The highest BCUT2D eigenvalue weighted by Gasteiger charge is 2.07. The number of hydrogen-bond acceptors (Lipinski definition) is 2. The standard InChI is InChI=1S/C16H16N2S/c17-10-9-12-5-1-4-8-15(12)19-16-11-18-14-7-3-2-6-13(14)16/h1-8,11,18H,9-10,17H2. The second kappa shape index (κ2) is 5.51. The van der Waals surface area contributed by atoms with Crippen molar-refractivity contribution in [2.75, 3.05) is 6.54 Å². The number of H-pyrrole nitrogens is 1. The van der Waals surface area contributed by atoms with Crippen molar-refractivity contribution in [2.24, 2.45) is 5.73 Å². The van der Waals surface area contributed by atoms with E-state index in [1.54, 1.807) is 11.8 Å². The van der Waals surface area contributed by atoms with E-state index in [2.05, 4.69) is 59.7 Å². The zero-order chi connectivity index (χ0) is 13.1. The molecule has 0 bridgehead atoms. The largest absolute Gasteiger partial charge is 0.360 e. The number of aromatic amines is 1. The lowest BCUT2D eigenvalue weighted by Crippen LogP contribution is -2.03. The van der Waals surface area contributed by atoms with Gasteiger partial charge in [-0.3, -0.25) is 0 Å². The van der Waals surface area contributed by atoms with Crippen LogP contribution in [0, 0.1) is 0 Å². The average molecular weight is 268 g/mol. The Morgan fingerprint density at radius 1 is 0.947 bits per heavy atom. The van der Waals surface area contributed by atoms with E-state index in [1.807, 2.05) is 0 Å². The van der Waals surface area contributed by atoms with E-state index < -0.39 is 0 Å². The molecule has 3 heteroatoms. The highest BCUT2D eigenvalue weighted by Crippen LogP contribution is 2.35. The molecular weight excluding hydrogens is 252 g/mol. The van der Waals surface area contributed by atoms with Crippen LogP contribution >= 0.6 is 11.8 Å². The fraction of sp³-hybridized carbons (Fsp3) is 0.125. The van der Waals surface area contributed by atoms with E-state index in [-0.39, 0.29) is 0 Å². The molecule has 3 rings (SSSR count). The van der Waals surface area contributed by atoms with Gasteiger partial charge in [0.15, 0.2) is 0 Å². The summed E-state index contributed by atoms with van der Waals surface area (Å²) in [4.78, 5) is 5.87. The van der Waals surface area contributed by atoms with E-state index in [0.717, 1.165) is 6.42 Å². The Morgan fingerprint density at radius 3 is 2.63 bits per heavy atom. The predicted molar refractivity (Wildman–Crippen MR) is 81.6 cm³/mol. The summed E-state index contributed by atoms with van der Waals surface area (Å²) >= 11 is 1.80. The molecule has 0 aliphatic carbocycles. The number of para-hydroxylation sites is 1.